The molecule has 1 fully saturated rings. The summed E-state index contributed by atoms with van der Waals surface area (Å²) in [5.41, 5.74) is 2.30. The van der Waals surface area contributed by atoms with Gasteiger partial charge in [0.05, 0.1) is 20.8 Å². The number of hydrogen-bond acceptors (Lipinski definition) is 7. The summed E-state index contributed by atoms with van der Waals surface area (Å²) >= 11 is 0. The lowest BCUT2D eigenvalue weighted by molar-refractivity contribution is -0.145. The molecule has 0 bridgehead atoms. The van der Waals surface area contributed by atoms with Gasteiger partial charge in [0.25, 0.3) is 0 Å². The van der Waals surface area contributed by atoms with Gasteiger partial charge in [-0.3, -0.25) is 9.80 Å². The van der Waals surface area contributed by atoms with Crippen molar-refractivity contribution in [3.8, 4) is 17.2 Å². The number of esters is 1. The van der Waals surface area contributed by atoms with E-state index in [4.69, 9.17) is 18.9 Å². The Bertz CT molecular complexity index is 835. The molecule has 0 radical (unpaired) electrons. The molecule has 0 amide bonds. The third-order valence-corrected chi connectivity index (χ3v) is 5.33. The molecule has 3 rings (SSSR count). The highest BCUT2D eigenvalue weighted by Gasteiger charge is 2.22. The average molecular weight is 429 g/mol. The van der Waals surface area contributed by atoms with Gasteiger partial charge in [-0.1, -0.05) is 36.4 Å². The molecule has 1 aliphatic rings. The summed E-state index contributed by atoms with van der Waals surface area (Å²) in [7, 11) is 3.15. The maximum absolute atomic E-state index is 11.8. The van der Waals surface area contributed by atoms with Gasteiger partial charge in [0.1, 0.15) is 0 Å². The van der Waals surface area contributed by atoms with Gasteiger partial charge < -0.3 is 18.9 Å². The minimum absolute atomic E-state index is 0.171. The lowest BCUT2D eigenvalue weighted by Crippen LogP contribution is -2.45. The van der Waals surface area contributed by atoms with E-state index in [0.717, 1.165) is 38.3 Å². The van der Waals surface area contributed by atoms with E-state index in [-0.39, 0.29) is 6.61 Å². The Hall–Kier alpha value is -2.77. The van der Waals surface area contributed by atoms with Crippen LogP contribution in [0, 0.1) is 0 Å². The van der Waals surface area contributed by atoms with E-state index in [2.05, 4.69) is 34.1 Å². The van der Waals surface area contributed by atoms with E-state index in [1.807, 2.05) is 18.2 Å². The summed E-state index contributed by atoms with van der Waals surface area (Å²) in [5.74, 6) is 1.18. The van der Waals surface area contributed by atoms with Crippen molar-refractivity contribution >= 4 is 5.97 Å². The van der Waals surface area contributed by atoms with Crippen molar-refractivity contribution in [3.63, 3.8) is 0 Å². The number of rotatable bonds is 10. The van der Waals surface area contributed by atoms with Gasteiger partial charge in [0.15, 0.2) is 18.1 Å². The van der Waals surface area contributed by atoms with Crippen molar-refractivity contribution < 1.29 is 23.7 Å². The van der Waals surface area contributed by atoms with Crippen LogP contribution in [0.3, 0.4) is 0 Å². The first-order chi connectivity index (χ1) is 15.1. The quantitative estimate of drug-likeness (QED) is 0.539. The Labute approximate surface area is 184 Å². The highest BCUT2D eigenvalue weighted by atomic mass is 16.6. The first-order valence-corrected chi connectivity index (χ1v) is 10.7. The van der Waals surface area contributed by atoms with E-state index < -0.39 is 5.97 Å². The second-order valence-corrected chi connectivity index (χ2v) is 7.42. The fourth-order valence-electron chi connectivity index (χ4n) is 3.74. The molecule has 0 aliphatic carbocycles. The van der Waals surface area contributed by atoms with Crippen LogP contribution in [0.15, 0.2) is 42.5 Å². The predicted molar refractivity (Wildman–Crippen MR) is 119 cm³/mol. The first-order valence-electron chi connectivity index (χ1n) is 10.7. The monoisotopic (exact) mass is 428 g/mol. The Morgan fingerprint density at radius 2 is 1.55 bits per heavy atom. The Morgan fingerprint density at radius 3 is 2.16 bits per heavy atom. The van der Waals surface area contributed by atoms with E-state index in [0.29, 0.717) is 30.4 Å². The second kappa shape index (κ2) is 11.6. The molecule has 0 atom stereocenters. The van der Waals surface area contributed by atoms with Gasteiger partial charge in [-0.15, -0.1) is 0 Å². The molecular weight excluding hydrogens is 396 g/mol. The fraction of sp³-hybridized carbons (Fsp3) is 0.458. The largest absolute Gasteiger partial charge is 0.493 e. The zero-order chi connectivity index (χ0) is 22.1. The summed E-state index contributed by atoms with van der Waals surface area (Å²) in [6.07, 6.45) is 0. The van der Waals surface area contributed by atoms with Crippen LogP contribution in [0.5, 0.6) is 17.2 Å². The van der Waals surface area contributed by atoms with E-state index in [9.17, 15) is 4.79 Å². The first kappa shape index (κ1) is 22.9. The SMILES string of the molecule is CCOC(=O)COc1c(CN2CCN(Cc3ccccc3)CC2)ccc(OC)c1OC. The third kappa shape index (κ3) is 6.35. The van der Waals surface area contributed by atoms with Crippen molar-refractivity contribution in [2.75, 3.05) is 53.6 Å². The number of carbonyl (C=O) groups is 1. The lowest BCUT2D eigenvalue weighted by Gasteiger charge is -2.35. The molecule has 2 aromatic rings. The Balaban J connectivity index is 1.65. The maximum atomic E-state index is 11.8. The van der Waals surface area contributed by atoms with Crippen LogP contribution in [-0.2, 0) is 22.6 Å². The number of benzene rings is 2. The number of piperazine rings is 1. The molecule has 0 unspecified atom stereocenters. The maximum Gasteiger partial charge on any atom is 0.344 e. The standard InChI is InChI=1S/C24H32N2O5/c1-4-30-22(27)18-31-23-20(10-11-21(28-2)24(23)29-3)17-26-14-12-25(13-15-26)16-19-8-6-5-7-9-19/h5-11H,4,12-18H2,1-3H3. The molecule has 31 heavy (non-hydrogen) atoms. The van der Waals surface area contributed by atoms with Gasteiger partial charge >= 0.3 is 5.97 Å². The van der Waals surface area contributed by atoms with Crippen LogP contribution in [0.2, 0.25) is 0 Å². The minimum Gasteiger partial charge on any atom is -0.493 e. The molecule has 1 aliphatic heterocycles. The molecule has 7 nitrogen and oxygen atoms in total. The number of nitrogens with zero attached hydrogens (tertiary/aromatic N) is 2. The molecule has 1 heterocycles. The van der Waals surface area contributed by atoms with Crippen LogP contribution in [0.1, 0.15) is 18.1 Å². The van der Waals surface area contributed by atoms with Gasteiger partial charge in [0, 0.05) is 44.8 Å². The number of hydrogen-bond donors (Lipinski definition) is 0. The summed E-state index contributed by atoms with van der Waals surface area (Å²) in [6, 6.07) is 14.4. The van der Waals surface area contributed by atoms with E-state index in [1.165, 1.54) is 5.56 Å². The van der Waals surface area contributed by atoms with Gasteiger partial charge in [-0.05, 0) is 18.6 Å². The molecule has 1 saturated heterocycles. The van der Waals surface area contributed by atoms with Crippen LogP contribution < -0.4 is 14.2 Å². The van der Waals surface area contributed by atoms with Crippen molar-refractivity contribution in [1.82, 2.24) is 9.80 Å². The smallest absolute Gasteiger partial charge is 0.344 e. The van der Waals surface area contributed by atoms with Crippen LogP contribution in [0.4, 0.5) is 0 Å². The van der Waals surface area contributed by atoms with Crippen molar-refractivity contribution in [2.24, 2.45) is 0 Å². The topological polar surface area (TPSA) is 60.5 Å². The zero-order valence-corrected chi connectivity index (χ0v) is 18.6. The fourth-order valence-corrected chi connectivity index (χ4v) is 3.74. The van der Waals surface area contributed by atoms with Crippen LogP contribution in [0.25, 0.3) is 0 Å². The second-order valence-electron chi connectivity index (χ2n) is 7.42. The highest BCUT2D eigenvalue weighted by molar-refractivity contribution is 5.71. The molecule has 0 aromatic heterocycles. The summed E-state index contributed by atoms with van der Waals surface area (Å²) in [4.78, 5) is 16.7. The van der Waals surface area contributed by atoms with E-state index >= 15 is 0 Å². The van der Waals surface area contributed by atoms with E-state index in [1.54, 1.807) is 21.1 Å². The Morgan fingerprint density at radius 1 is 0.871 bits per heavy atom. The predicted octanol–water partition coefficient (Wildman–Crippen LogP) is 2.96. The van der Waals surface area contributed by atoms with Crippen molar-refractivity contribution in [2.45, 2.75) is 20.0 Å². The third-order valence-electron chi connectivity index (χ3n) is 5.33. The Kier molecular flexibility index (Phi) is 8.55. The zero-order valence-electron chi connectivity index (χ0n) is 18.6. The van der Waals surface area contributed by atoms with Gasteiger partial charge in [-0.2, -0.15) is 0 Å². The average Bonchev–Trinajstić information content (AvgIpc) is 2.80. The molecule has 168 valence electrons. The van der Waals surface area contributed by atoms with Crippen LogP contribution in [-0.4, -0.2) is 69.4 Å². The molecule has 0 spiro atoms. The van der Waals surface area contributed by atoms with Gasteiger partial charge in [-0.25, -0.2) is 4.79 Å². The van der Waals surface area contributed by atoms with Crippen molar-refractivity contribution in [1.29, 1.82) is 0 Å². The number of carbonyl (C=O) groups excluding carboxylic acids is 1. The lowest BCUT2D eigenvalue weighted by atomic mass is 10.1. The summed E-state index contributed by atoms with van der Waals surface area (Å²) in [5, 5.41) is 0. The molecule has 0 N–H and O–H groups in total. The van der Waals surface area contributed by atoms with Crippen molar-refractivity contribution in [3.05, 3.63) is 53.6 Å². The summed E-state index contributed by atoms with van der Waals surface area (Å²) < 4.78 is 21.8. The van der Waals surface area contributed by atoms with Crippen LogP contribution >= 0.6 is 0 Å². The molecule has 2 aromatic carbocycles. The minimum atomic E-state index is -0.409. The number of ether oxygens (including phenoxy) is 4. The summed E-state index contributed by atoms with van der Waals surface area (Å²) in [6.45, 7) is 7.51. The molecule has 7 heteroatoms. The van der Waals surface area contributed by atoms with Gasteiger partial charge in [0.2, 0.25) is 5.75 Å². The molecule has 0 saturated carbocycles. The normalized spacial score (nSPS) is 14.8. The molecular formula is C24H32N2O5. The highest BCUT2D eigenvalue weighted by Crippen LogP contribution is 2.40. The number of methoxy groups -OCH3 is 2.